The van der Waals surface area contributed by atoms with Gasteiger partial charge in [-0.15, -0.1) is 5.10 Å². The summed E-state index contributed by atoms with van der Waals surface area (Å²) in [4.78, 5) is 23.9. The van der Waals surface area contributed by atoms with E-state index in [0.29, 0.717) is 11.3 Å². The van der Waals surface area contributed by atoms with Gasteiger partial charge in [-0.25, -0.2) is 0 Å². The van der Waals surface area contributed by atoms with Gasteiger partial charge in [0, 0.05) is 11.3 Å². The topological polar surface area (TPSA) is 113 Å². The van der Waals surface area contributed by atoms with E-state index in [2.05, 4.69) is 31.3 Å². The van der Waals surface area contributed by atoms with E-state index in [1.807, 2.05) is 13.8 Å². The number of benzene rings is 1. The molecule has 2 aromatic rings. The molecule has 0 spiro atoms. The van der Waals surface area contributed by atoms with Crippen molar-refractivity contribution in [3.05, 3.63) is 29.3 Å². The number of hydrogen-bond acceptors (Lipinski definition) is 5. The van der Waals surface area contributed by atoms with Gasteiger partial charge in [-0.3, -0.25) is 14.9 Å². The summed E-state index contributed by atoms with van der Waals surface area (Å²) in [5.41, 5.74) is 1.35. The van der Waals surface area contributed by atoms with Crippen molar-refractivity contribution in [1.29, 1.82) is 0 Å². The first-order valence-electron chi connectivity index (χ1n) is 5.99. The zero-order valence-electron chi connectivity index (χ0n) is 10.9. The first-order valence-corrected chi connectivity index (χ1v) is 5.99. The summed E-state index contributed by atoms with van der Waals surface area (Å²) in [5.74, 6) is -0.351. The molecule has 3 N–H and O–H groups in total. The molecule has 1 aliphatic rings. The van der Waals surface area contributed by atoms with Crippen molar-refractivity contribution in [2.75, 3.05) is 10.6 Å². The highest BCUT2D eigenvalue weighted by Crippen LogP contribution is 2.37. The van der Waals surface area contributed by atoms with Gasteiger partial charge in [0.2, 0.25) is 5.91 Å². The molecule has 0 saturated heterocycles. The highest BCUT2D eigenvalue weighted by molar-refractivity contribution is 6.09. The SMILES string of the molecule is CC1(C)C(=O)Nc2cc(C(=O)Nc3nn[nH]n3)ccc21. The maximum absolute atomic E-state index is 12.0. The molecule has 2 amide bonds. The van der Waals surface area contributed by atoms with Crippen molar-refractivity contribution in [2.24, 2.45) is 0 Å². The molecule has 20 heavy (non-hydrogen) atoms. The van der Waals surface area contributed by atoms with Crippen LogP contribution in [0.5, 0.6) is 0 Å². The molecule has 1 aromatic carbocycles. The third-order valence-electron chi connectivity index (χ3n) is 3.34. The van der Waals surface area contributed by atoms with E-state index in [4.69, 9.17) is 0 Å². The van der Waals surface area contributed by atoms with Gasteiger partial charge in [0.15, 0.2) is 0 Å². The summed E-state index contributed by atoms with van der Waals surface area (Å²) >= 11 is 0. The molecule has 1 aromatic heterocycles. The second-order valence-corrected chi connectivity index (χ2v) is 5.03. The van der Waals surface area contributed by atoms with E-state index < -0.39 is 5.41 Å². The monoisotopic (exact) mass is 272 g/mol. The summed E-state index contributed by atoms with van der Waals surface area (Å²) in [7, 11) is 0. The minimum absolute atomic E-state index is 0.0803. The van der Waals surface area contributed by atoms with E-state index >= 15 is 0 Å². The molecule has 3 rings (SSSR count). The molecule has 1 aliphatic heterocycles. The predicted molar refractivity (Wildman–Crippen MR) is 70.2 cm³/mol. The van der Waals surface area contributed by atoms with Crippen LogP contribution >= 0.6 is 0 Å². The van der Waals surface area contributed by atoms with Gasteiger partial charge >= 0.3 is 0 Å². The number of aromatic amines is 1. The van der Waals surface area contributed by atoms with Crippen LogP contribution in [0.1, 0.15) is 29.8 Å². The Hall–Kier alpha value is -2.77. The summed E-state index contributed by atoms with van der Waals surface area (Å²) in [6.45, 7) is 3.68. The normalized spacial score (nSPS) is 15.6. The number of rotatable bonds is 2. The highest BCUT2D eigenvalue weighted by Gasteiger charge is 2.38. The molecule has 0 aliphatic carbocycles. The zero-order chi connectivity index (χ0) is 14.3. The standard InChI is InChI=1S/C12H12N6O2/c1-12(2)7-4-3-6(5-8(7)13-10(12)20)9(19)14-11-15-17-18-16-11/h3-5H,1-2H3,(H,13,20)(H2,14,15,16,17,18,19). The minimum atomic E-state index is -0.585. The lowest BCUT2D eigenvalue weighted by Crippen LogP contribution is -2.26. The van der Waals surface area contributed by atoms with Gasteiger partial charge in [-0.2, -0.15) is 5.21 Å². The van der Waals surface area contributed by atoms with Crippen LogP contribution in [0.3, 0.4) is 0 Å². The van der Waals surface area contributed by atoms with Gasteiger partial charge in [0.05, 0.1) is 5.41 Å². The number of fused-ring (bicyclic) bond motifs is 1. The molecule has 0 unspecified atom stereocenters. The molecule has 0 saturated carbocycles. The van der Waals surface area contributed by atoms with E-state index in [-0.39, 0.29) is 17.8 Å². The predicted octanol–water partition coefficient (Wildman–Crippen LogP) is 0.682. The lowest BCUT2D eigenvalue weighted by Gasteiger charge is -2.14. The Labute approximate surface area is 114 Å². The zero-order valence-corrected chi connectivity index (χ0v) is 10.9. The Morgan fingerprint density at radius 2 is 2.15 bits per heavy atom. The maximum atomic E-state index is 12.0. The van der Waals surface area contributed by atoms with Gasteiger partial charge < -0.3 is 5.32 Å². The largest absolute Gasteiger partial charge is 0.325 e. The summed E-state index contributed by atoms with van der Waals surface area (Å²) in [6.07, 6.45) is 0. The number of carbonyl (C=O) groups excluding carboxylic acids is 2. The summed E-state index contributed by atoms with van der Waals surface area (Å²) < 4.78 is 0. The lowest BCUT2D eigenvalue weighted by molar-refractivity contribution is -0.119. The van der Waals surface area contributed by atoms with E-state index in [9.17, 15) is 9.59 Å². The first kappa shape index (κ1) is 12.3. The van der Waals surface area contributed by atoms with Crippen molar-refractivity contribution in [3.8, 4) is 0 Å². The van der Waals surface area contributed by atoms with Crippen molar-refractivity contribution in [2.45, 2.75) is 19.3 Å². The van der Waals surface area contributed by atoms with Crippen LogP contribution in [0, 0.1) is 0 Å². The van der Waals surface area contributed by atoms with Gasteiger partial charge in [0.1, 0.15) is 0 Å². The molecular weight excluding hydrogens is 260 g/mol. The number of nitrogens with zero attached hydrogens (tertiary/aromatic N) is 3. The van der Waals surface area contributed by atoms with Crippen LogP contribution in [0.4, 0.5) is 11.6 Å². The molecule has 0 bridgehead atoms. The number of anilines is 2. The van der Waals surface area contributed by atoms with E-state index in [1.165, 1.54) is 0 Å². The van der Waals surface area contributed by atoms with Gasteiger partial charge in [-0.05, 0) is 36.8 Å². The molecule has 102 valence electrons. The quantitative estimate of drug-likeness (QED) is 0.744. The molecule has 2 heterocycles. The van der Waals surface area contributed by atoms with Crippen LogP contribution in [0.15, 0.2) is 18.2 Å². The number of hydrogen-bond donors (Lipinski definition) is 3. The Bertz CT molecular complexity index is 692. The van der Waals surface area contributed by atoms with Gasteiger partial charge in [-0.1, -0.05) is 11.2 Å². The molecular formula is C12H12N6O2. The van der Waals surface area contributed by atoms with Crippen molar-refractivity contribution < 1.29 is 9.59 Å². The number of amides is 2. The number of nitrogens with one attached hydrogen (secondary N) is 3. The molecule has 8 nitrogen and oxygen atoms in total. The fraction of sp³-hybridized carbons (Fsp3) is 0.250. The smallest absolute Gasteiger partial charge is 0.270 e. The van der Waals surface area contributed by atoms with Crippen molar-refractivity contribution in [3.63, 3.8) is 0 Å². The Kier molecular flexibility index (Phi) is 2.53. The Morgan fingerprint density at radius 3 is 2.85 bits per heavy atom. The Morgan fingerprint density at radius 1 is 1.35 bits per heavy atom. The molecule has 0 fully saturated rings. The number of H-pyrrole nitrogens is 1. The third kappa shape index (κ3) is 1.81. The van der Waals surface area contributed by atoms with Crippen LogP contribution in [0.2, 0.25) is 0 Å². The molecule has 0 atom stereocenters. The van der Waals surface area contributed by atoms with E-state index in [1.54, 1.807) is 18.2 Å². The average Bonchev–Trinajstić information content (AvgIpc) is 2.97. The van der Waals surface area contributed by atoms with Crippen LogP contribution in [-0.4, -0.2) is 32.4 Å². The summed E-state index contributed by atoms with van der Waals surface area (Å²) in [6, 6.07) is 5.08. The third-order valence-corrected chi connectivity index (χ3v) is 3.34. The molecule has 8 heteroatoms. The van der Waals surface area contributed by atoms with Crippen molar-refractivity contribution >= 4 is 23.5 Å². The number of carbonyl (C=O) groups is 2. The fourth-order valence-corrected chi connectivity index (χ4v) is 2.12. The Balaban J connectivity index is 1.89. The summed E-state index contributed by atoms with van der Waals surface area (Å²) in [5, 5.41) is 18.1. The number of tetrazole rings is 1. The maximum Gasteiger partial charge on any atom is 0.270 e. The number of aromatic nitrogens is 4. The van der Waals surface area contributed by atoms with Crippen molar-refractivity contribution in [1.82, 2.24) is 20.6 Å². The minimum Gasteiger partial charge on any atom is -0.325 e. The fourth-order valence-electron chi connectivity index (χ4n) is 2.12. The second-order valence-electron chi connectivity index (χ2n) is 5.03. The molecule has 0 radical (unpaired) electrons. The average molecular weight is 272 g/mol. The van der Waals surface area contributed by atoms with E-state index in [0.717, 1.165) is 5.56 Å². The second kappa shape index (κ2) is 4.12. The van der Waals surface area contributed by atoms with Gasteiger partial charge in [0.25, 0.3) is 11.9 Å². The van der Waals surface area contributed by atoms with Crippen LogP contribution in [0.25, 0.3) is 0 Å². The van der Waals surface area contributed by atoms with Crippen LogP contribution in [-0.2, 0) is 10.2 Å². The first-order chi connectivity index (χ1) is 9.48. The highest BCUT2D eigenvalue weighted by atomic mass is 16.2. The lowest BCUT2D eigenvalue weighted by atomic mass is 9.86. The van der Waals surface area contributed by atoms with Crippen LogP contribution < -0.4 is 10.6 Å².